The molecule has 0 aromatic heterocycles. The van der Waals surface area contributed by atoms with Gasteiger partial charge in [0.15, 0.2) is 0 Å². The Morgan fingerprint density at radius 1 is 1.15 bits per heavy atom. The van der Waals surface area contributed by atoms with Gasteiger partial charge in [0.2, 0.25) is 5.91 Å². The lowest BCUT2D eigenvalue weighted by atomic mass is 10.1. The molecule has 0 radical (unpaired) electrons. The highest BCUT2D eigenvalue weighted by Crippen LogP contribution is 2.30. The number of nitrogens with one attached hydrogen (secondary N) is 1. The van der Waals surface area contributed by atoms with Gasteiger partial charge in [-0.3, -0.25) is 4.79 Å². The molecule has 0 bridgehead atoms. The smallest absolute Gasteiger partial charge is 0.244 e. The van der Waals surface area contributed by atoms with Crippen LogP contribution in [0.2, 0.25) is 0 Å². The van der Waals surface area contributed by atoms with Gasteiger partial charge in [-0.05, 0) is 45.8 Å². The number of primary amides is 1. The zero-order valence-corrected chi connectivity index (χ0v) is 13.4. The third kappa shape index (κ3) is 3.37. The Morgan fingerprint density at radius 2 is 1.85 bits per heavy atom. The molecule has 0 fully saturated rings. The van der Waals surface area contributed by atoms with Crippen molar-refractivity contribution in [1.29, 1.82) is 0 Å². The van der Waals surface area contributed by atoms with E-state index in [-0.39, 0.29) is 5.82 Å². The third-order valence-electron chi connectivity index (χ3n) is 2.73. The highest BCUT2D eigenvalue weighted by atomic mass is 79.9. The molecular formula is C14H11Br2FN2O. The molecule has 20 heavy (non-hydrogen) atoms. The van der Waals surface area contributed by atoms with Crippen LogP contribution < -0.4 is 11.1 Å². The molecule has 1 unspecified atom stereocenters. The van der Waals surface area contributed by atoms with E-state index < -0.39 is 11.9 Å². The van der Waals surface area contributed by atoms with Crippen LogP contribution in [0.25, 0.3) is 0 Å². The number of rotatable bonds is 4. The van der Waals surface area contributed by atoms with E-state index in [9.17, 15) is 9.18 Å². The maximum absolute atomic E-state index is 13.1. The second kappa shape index (κ2) is 6.37. The molecule has 3 nitrogen and oxygen atoms in total. The molecule has 6 heteroatoms. The van der Waals surface area contributed by atoms with Crippen LogP contribution in [0.1, 0.15) is 11.6 Å². The van der Waals surface area contributed by atoms with Crippen molar-refractivity contribution in [2.75, 3.05) is 5.32 Å². The lowest BCUT2D eigenvalue weighted by Gasteiger charge is -2.19. The van der Waals surface area contributed by atoms with E-state index in [1.165, 1.54) is 18.2 Å². The summed E-state index contributed by atoms with van der Waals surface area (Å²) in [7, 11) is 0. The highest BCUT2D eigenvalue weighted by Gasteiger charge is 2.21. The number of para-hydroxylation sites is 1. The van der Waals surface area contributed by atoms with Gasteiger partial charge in [0.1, 0.15) is 11.9 Å². The second-order valence-corrected chi connectivity index (χ2v) is 5.83. The summed E-state index contributed by atoms with van der Waals surface area (Å²) in [5, 5.41) is 3.05. The van der Waals surface area contributed by atoms with Crippen molar-refractivity contribution in [3.8, 4) is 0 Å². The first-order valence-electron chi connectivity index (χ1n) is 5.74. The van der Waals surface area contributed by atoms with Crippen LogP contribution in [0.15, 0.2) is 51.4 Å². The van der Waals surface area contributed by atoms with Gasteiger partial charge in [0.25, 0.3) is 0 Å². The van der Waals surface area contributed by atoms with Crippen LogP contribution >= 0.6 is 31.9 Å². The number of hydrogen-bond acceptors (Lipinski definition) is 2. The third-order valence-corrected chi connectivity index (χ3v) is 4.11. The number of hydrogen-bond donors (Lipinski definition) is 2. The molecule has 2 rings (SSSR count). The maximum Gasteiger partial charge on any atom is 0.244 e. The summed E-state index contributed by atoms with van der Waals surface area (Å²) < 4.78 is 14.4. The van der Waals surface area contributed by atoms with Crippen LogP contribution in [-0.2, 0) is 4.79 Å². The summed E-state index contributed by atoms with van der Waals surface area (Å²) in [6.07, 6.45) is 0. The standard InChI is InChI=1S/C14H11Br2FN2O/c15-10-3-1-2-4-12(10)19-13(14(18)20)9-6-5-8(17)7-11(9)16/h1-7,13,19H,(H2,18,20). The van der Waals surface area contributed by atoms with Crippen LogP contribution in [0.5, 0.6) is 0 Å². The zero-order chi connectivity index (χ0) is 14.7. The second-order valence-electron chi connectivity index (χ2n) is 4.13. The number of halogens is 3. The van der Waals surface area contributed by atoms with Crippen LogP contribution in [0, 0.1) is 5.82 Å². The summed E-state index contributed by atoms with van der Waals surface area (Å²) >= 11 is 6.64. The number of carbonyl (C=O) groups is 1. The Bertz CT molecular complexity index is 649. The van der Waals surface area contributed by atoms with Crippen LogP contribution in [-0.4, -0.2) is 5.91 Å². The first-order valence-corrected chi connectivity index (χ1v) is 7.33. The Morgan fingerprint density at radius 3 is 2.45 bits per heavy atom. The first kappa shape index (κ1) is 15.0. The quantitative estimate of drug-likeness (QED) is 0.813. The predicted molar refractivity (Wildman–Crippen MR) is 83.8 cm³/mol. The van der Waals surface area contributed by atoms with Gasteiger partial charge in [0, 0.05) is 14.6 Å². The topological polar surface area (TPSA) is 55.1 Å². The molecule has 2 aromatic rings. The van der Waals surface area contributed by atoms with E-state index in [1.807, 2.05) is 24.3 Å². The minimum absolute atomic E-state index is 0.385. The van der Waals surface area contributed by atoms with Crippen molar-refractivity contribution in [2.24, 2.45) is 5.73 Å². The SMILES string of the molecule is NC(=O)C(Nc1ccccc1Br)c1ccc(F)cc1Br. The summed E-state index contributed by atoms with van der Waals surface area (Å²) in [6, 6.07) is 10.7. The van der Waals surface area contributed by atoms with Gasteiger partial charge in [-0.25, -0.2) is 4.39 Å². The Labute approximate surface area is 132 Å². The van der Waals surface area contributed by atoms with Crippen molar-refractivity contribution >= 4 is 43.5 Å². The van der Waals surface area contributed by atoms with E-state index in [2.05, 4.69) is 37.2 Å². The van der Waals surface area contributed by atoms with Crippen molar-refractivity contribution in [3.63, 3.8) is 0 Å². The van der Waals surface area contributed by atoms with Gasteiger partial charge < -0.3 is 11.1 Å². The molecular weight excluding hydrogens is 391 g/mol. The largest absolute Gasteiger partial charge is 0.369 e. The fourth-order valence-electron chi connectivity index (χ4n) is 1.77. The predicted octanol–water partition coefficient (Wildman–Crippen LogP) is 3.99. The van der Waals surface area contributed by atoms with E-state index in [0.717, 1.165) is 10.2 Å². The fourth-order valence-corrected chi connectivity index (χ4v) is 2.75. The molecule has 0 aliphatic heterocycles. The van der Waals surface area contributed by atoms with Crippen molar-refractivity contribution in [2.45, 2.75) is 6.04 Å². The normalized spacial score (nSPS) is 11.9. The molecule has 0 aliphatic rings. The van der Waals surface area contributed by atoms with Gasteiger partial charge >= 0.3 is 0 Å². The summed E-state index contributed by atoms with van der Waals surface area (Å²) in [6.45, 7) is 0. The average Bonchev–Trinajstić information content (AvgIpc) is 2.38. The van der Waals surface area contributed by atoms with Gasteiger partial charge in [-0.15, -0.1) is 0 Å². The van der Waals surface area contributed by atoms with Crippen molar-refractivity contribution in [3.05, 3.63) is 62.8 Å². The molecule has 104 valence electrons. The number of nitrogens with two attached hydrogens (primary N) is 1. The molecule has 0 spiro atoms. The molecule has 1 amide bonds. The van der Waals surface area contributed by atoms with Crippen molar-refractivity contribution in [1.82, 2.24) is 0 Å². The monoisotopic (exact) mass is 400 g/mol. The number of benzene rings is 2. The first-order chi connectivity index (χ1) is 9.49. The van der Waals surface area contributed by atoms with E-state index in [0.29, 0.717) is 10.0 Å². The molecule has 3 N–H and O–H groups in total. The summed E-state index contributed by atoms with van der Waals surface area (Å²) in [5.74, 6) is -0.933. The molecule has 1 atom stereocenters. The maximum atomic E-state index is 13.1. The summed E-state index contributed by atoms with van der Waals surface area (Å²) in [5.41, 5.74) is 6.75. The van der Waals surface area contributed by atoms with Crippen LogP contribution in [0.3, 0.4) is 0 Å². The van der Waals surface area contributed by atoms with Gasteiger partial charge in [0.05, 0.1) is 0 Å². The Kier molecular flexibility index (Phi) is 4.77. The van der Waals surface area contributed by atoms with E-state index in [4.69, 9.17) is 5.73 Å². The van der Waals surface area contributed by atoms with E-state index in [1.54, 1.807) is 0 Å². The van der Waals surface area contributed by atoms with Crippen molar-refractivity contribution < 1.29 is 9.18 Å². The van der Waals surface area contributed by atoms with Crippen LogP contribution in [0.4, 0.5) is 10.1 Å². The Balaban J connectivity index is 2.37. The zero-order valence-electron chi connectivity index (χ0n) is 10.2. The lowest BCUT2D eigenvalue weighted by molar-refractivity contribution is -0.118. The minimum Gasteiger partial charge on any atom is -0.369 e. The molecule has 0 saturated carbocycles. The fraction of sp³-hybridized carbons (Fsp3) is 0.0714. The van der Waals surface area contributed by atoms with E-state index >= 15 is 0 Å². The number of anilines is 1. The molecule has 0 aliphatic carbocycles. The highest BCUT2D eigenvalue weighted by molar-refractivity contribution is 9.11. The lowest BCUT2D eigenvalue weighted by Crippen LogP contribution is -2.28. The number of amides is 1. The molecule has 2 aromatic carbocycles. The number of carbonyl (C=O) groups excluding carboxylic acids is 1. The van der Waals surface area contributed by atoms with Gasteiger partial charge in [-0.2, -0.15) is 0 Å². The minimum atomic E-state index is -0.760. The molecule has 0 saturated heterocycles. The van der Waals surface area contributed by atoms with Gasteiger partial charge in [-0.1, -0.05) is 34.1 Å². The average molecular weight is 402 g/mol. The molecule has 0 heterocycles. The summed E-state index contributed by atoms with van der Waals surface area (Å²) in [4.78, 5) is 11.7. The Hall–Kier alpha value is -1.40.